The van der Waals surface area contributed by atoms with Crippen molar-refractivity contribution in [2.75, 3.05) is 11.5 Å². The number of nitrogens with zero attached hydrogens (tertiary/aromatic N) is 2. The smallest absolute Gasteiger partial charge is 0.264 e. The lowest BCUT2D eigenvalue weighted by atomic mass is 9.86. The number of hydrogen-bond acceptors (Lipinski definition) is 4. The Morgan fingerprint density at radius 2 is 1.32 bits per heavy atom. The van der Waals surface area contributed by atoms with E-state index in [4.69, 9.17) is 51.1 Å². The molecule has 0 aliphatic carbocycles. The molecule has 0 spiro atoms. The number of benzene rings is 3. The largest absolute Gasteiger partial charge is 0.494 e. The van der Waals surface area contributed by atoms with Gasteiger partial charge in [-0.3, -0.25) is 19.3 Å². The fraction of sp³-hybridized carbons (Fsp3) is 0.222. The minimum Gasteiger partial charge on any atom is -0.494 e. The molecular weight excluding hydrogens is 638 g/mol. The van der Waals surface area contributed by atoms with Crippen LogP contribution in [0, 0.1) is 0 Å². The zero-order chi connectivity index (χ0) is 27.3. The van der Waals surface area contributed by atoms with Crippen molar-refractivity contribution in [1.29, 1.82) is 0 Å². The van der Waals surface area contributed by atoms with Crippen molar-refractivity contribution in [3.63, 3.8) is 0 Å². The van der Waals surface area contributed by atoms with Crippen LogP contribution >= 0.6 is 62.3 Å². The number of imide groups is 1. The van der Waals surface area contributed by atoms with Gasteiger partial charge in [-0.25, -0.2) is 0 Å². The Morgan fingerprint density at radius 1 is 0.763 bits per heavy atom. The van der Waals surface area contributed by atoms with Crippen LogP contribution in [0.15, 0.2) is 53.0 Å². The zero-order valence-corrected chi connectivity index (χ0v) is 24.4. The SMILES string of the molecule is CCCCOc1ccc([C@H]2[C@H](N3C(=O)c4c(Cl)c(Cl)c(Cl)c(Cl)c4C3=O)C(=O)N2c2ccc(Br)cc2)cc1. The average molecular weight is 657 g/mol. The highest BCUT2D eigenvalue weighted by molar-refractivity contribution is 9.10. The van der Waals surface area contributed by atoms with Gasteiger partial charge in [-0.05, 0) is 48.4 Å². The monoisotopic (exact) mass is 654 g/mol. The Labute approximate surface area is 247 Å². The van der Waals surface area contributed by atoms with Crippen LogP contribution < -0.4 is 9.64 Å². The molecule has 2 heterocycles. The maximum Gasteiger partial charge on any atom is 0.264 e. The summed E-state index contributed by atoms with van der Waals surface area (Å²) in [5, 5.41) is -0.629. The normalized spacial score (nSPS) is 18.6. The Hall–Kier alpha value is -2.29. The second kappa shape index (κ2) is 10.7. The van der Waals surface area contributed by atoms with E-state index >= 15 is 0 Å². The first kappa shape index (κ1) is 27.3. The molecule has 2 aliphatic heterocycles. The first-order valence-corrected chi connectivity index (χ1v) is 14.0. The number of amides is 3. The number of fused-ring (bicyclic) bond motifs is 1. The summed E-state index contributed by atoms with van der Waals surface area (Å²) >= 11 is 28.4. The Kier molecular flexibility index (Phi) is 7.68. The highest BCUT2D eigenvalue weighted by Crippen LogP contribution is 2.49. The van der Waals surface area contributed by atoms with Gasteiger partial charge < -0.3 is 9.64 Å². The van der Waals surface area contributed by atoms with Crippen LogP contribution in [0.2, 0.25) is 20.1 Å². The molecule has 0 bridgehead atoms. The molecule has 6 nitrogen and oxygen atoms in total. The molecule has 3 aromatic rings. The van der Waals surface area contributed by atoms with E-state index in [0.29, 0.717) is 23.6 Å². The molecule has 11 heteroatoms. The molecule has 2 atom stereocenters. The van der Waals surface area contributed by atoms with Gasteiger partial charge in [0.1, 0.15) is 11.8 Å². The molecule has 1 saturated heterocycles. The fourth-order valence-corrected chi connectivity index (χ4v) is 5.94. The summed E-state index contributed by atoms with van der Waals surface area (Å²) in [4.78, 5) is 43.2. The number of carbonyl (C=O) groups is 3. The Morgan fingerprint density at radius 3 is 1.84 bits per heavy atom. The lowest BCUT2D eigenvalue weighted by Crippen LogP contribution is -2.67. The molecule has 38 heavy (non-hydrogen) atoms. The van der Waals surface area contributed by atoms with E-state index < -0.39 is 29.8 Å². The van der Waals surface area contributed by atoms with Gasteiger partial charge in [0.25, 0.3) is 17.7 Å². The molecule has 1 fully saturated rings. The lowest BCUT2D eigenvalue weighted by Gasteiger charge is -2.49. The summed E-state index contributed by atoms with van der Waals surface area (Å²) in [6.07, 6.45) is 1.94. The first-order chi connectivity index (χ1) is 18.2. The number of hydrogen-bond donors (Lipinski definition) is 0. The predicted octanol–water partition coefficient (Wildman–Crippen LogP) is 7.99. The Balaban J connectivity index is 1.56. The third kappa shape index (κ3) is 4.38. The average Bonchev–Trinajstić information content (AvgIpc) is 3.16. The highest BCUT2D eigenvalue weighted by Gasteiger charge is 2.58. The second-order valence-electron chi connectivity index (χ2n) is 8.83. The summed E-state index contributed by atoms with van der Waals surface area (Å²) in [7, 11) is 0. The van der Waals surface area contributed by atoms with Gasteiger partial charge in [0, 0.05) is 10.2 Å². The van der Waals surface area contributed by atoms with Crippen molar-refractivity contribution in [1.82, 2.24) is 4.90 Å². The van der Waals surface area contributed by atoms with E-state index in [0.717, 1.165) is 22.2 Å². The van der Waals surface area contributed by atoms with Crippen LogP contribution in [-0.4, -0.2) is 35.3 Å². The van der Waals surface area contributed by atoms with E-state index in [-0.39, 0.29) is 31.2 Å². The maximum atomic E-state index is 13.6. The minimum atomic E-state index is -1.14. The zero-order valence-electron chi connectivity index (χ0n) is 19.8. The number of halogens is 5. The van der Waals surface area contributed by atoms with Gasteiger partial charge in [0.2, 0.25) is 0 Å². The molecule has 5 rings (SSSR count). The molecule has 0 N–H and O–H groups in total. The van der Waals surface area contributed by atoms with Crippen LogP contribution in [0.25, 0.3) is 0 Å². The van der Waals surface area contributed by atoms with Gasteiger partial charge in [-0.15, -0.1) is 0 Å². The van der Waals surface area contributed by atoms with Crippen molar-refractivity contribution < 1.29 is 19.1 Å². The van der Waals surface area contributed by atoms with Crippen LogP contribution in [0.3, 0.4) is 0 Å². The topological polar surface area (TPSA) is 66.9 Å². The van der Waals surface area contributed by atoms with Crippen molar-refractivity contribution >= 4 is 85.7 Å². The van der Waals surface area contributed by atoms with Crippen LogP contribution in [-0.2, 0) is 4.79 Å². The summed E-state index contributed by atoms with van der Waals surface area (Å²) in [5.41, 5.74) is 1.00. The van der Waals surface area contributed by atoms with E-state index in [1.807, 2.05) is 24.3 Å². The molecule has 3 aromatic carbocycles. The number of ether oxygens (including phenoxy) is 1. The molecule has 0 unspecified atom stereocenters. The van der Waals surface area contributed by atoms with E-state index in [1.54, 1.807) is 29.2 Å². The van der Waals surface area contributed by atoms with Crippen LogP contribution in [0.4, 0.5) is 5.69 Å². The summed E-state index contributed by atoms with van der Waals surface area (Å²) < 4.78 is 6.61. The van der Waals surface area contributed by atoms with E-state index in [1.165, 1.54) is 0 Å². The number of rotatable bonds is 7. The Bertz CT molecular complexity index is 1420. The quantitative estimate of drug-likeness (QED) is 0.0850. The van der Waals surface area contributed by atoms with Crippen molar-refractivity contribution in [3.05, 3.63) is 89.8 Å². The van der Waals surface area contributed by atoms with Crippen molar-refractivity contribution in [2.45, 2.75) is 31.8 Å². The molecule has 2 aliphatic rings. The second-order valence-corrected chi connectivity index (χ2v) is 11.3. The third-order valence-electron chi connectivity index (χ3n) is 6.57. The summed E-state index contributed by atoms with van der Waals surface area (Å²) in [6.45, 7) is 2.67. The minimum absolute atomic E-state index is 0.133. The fourth-order valence-electron chi connectivity index (χ4n) is 4.66. The van der Waals surface area contributed by atoms with Crippen LogP contribution in [0.5, 0.6) is 5.75 Å². The van der Waals surface area contributed by atoms with E-state index in [2.05, 4.69) is 22.9 Å². The standard InChI is InChI=1S/C27H19BrCl4N2O4/c1-2-3-12-38-16-10-4-13(5-11-16)23-24(27(37)33(23)15-8-6-14(28)7-9-15)34-25(35)17-18(26(34)36)20(30)22(32)21(31)19(17)29/h4-11,23-24H,2-3,12H2,1H3/t23-,24-/m0/s1. The molecular formula is C27H19BrCl4N2O4. The molecule has 0 saturated carbocycles. The molecule has 3 amide bonds. The number of carbonyl (C=O) groups excluding carboxylic acids is 3. The molecule has 0 radical (unpaired) electrons. The van der Waals surface area contributed by atoms with Gasteiger partial charge in [-0.1, -0.05) is 87.8 Å². The van der Waals surface area contributed by atoms with Gasteiger partial charge in [-0.2, -0.15) is 0 Å². The van der Waals surface area contributed by atoms with Gasteiger partial charge >= 0.3 is 0 Å². The van der Waals surface area contributed by atoms with E-state index in [9.17, 15) is 14.4 Å². The number of anilines is 1. The van der Waals surface area contributed by atoms with Gasteiger partial charge in [0.05, 0.1) is 43.9 Å². The number of β-lactam (4-membered cyclic amide) rings is 1. The van der Waals surface area contributed by atoms with Crippen molar-refractivity contribution in [3.8, 4) is 5.75 Å². The summed E-state index contributed by atoms with van der Waals surface area (Å²) in [5.74, 6) is -1.26. The van der Waals surface area contributed by atoms with Gasteiger partial charge in [0.15, 0.2) is 0 Å². The predicted molar refractivity (Wildman–Crippen MR) is 152 cm³/mol. The lowest BCUT2D eigenvalue weighted by molar-refractivity contribution is -0.130. The highest BCUT2D eigenvalue weighted by atomic mass is 79.9. The molecule has 196 valence electrons. The van der Waals surface area contributed by atoms with Crippen LogP contribution in [0.1, 0.15) is 52.1 Å². The number of unbranched alkanes of at least 4 members (excludes halogenated alkanes) is 1. The third-order valence-corrected chi connectivity index (χ3v) is 8.90. The summed E-state index contributed by atoms with van der Waals surface area (Å²) in [6, 6.07) is 12.6. The first-order valence-electron chi connectivity index (χ1n) is 11.7. The maximum absolute atomic E-state index is 13.6. The van der Waals surface area contributed by atoms with Crippen molar-refractivity contribution in [2.24, 2.45) is 0 Å². The molecule has 0 aromatic heterocycles.